The maximum absolute atomic E-state index is 12.0. The molecule has 0 saturated carbocycles. The summed E-state index contributed by atoms with van der Waals surface area (Å²) in [5.74, 6) is 0.756. The number of aryl methyl sites for hydroxylation is 1. The van der Waals surface area contributed by atoms with Gasteiger partial charge < -0.3 is 0 Å². The van der Waals surface area contributed by atoms with E-state index in [2.05, 4.69) is 29.8 Å². The maximum Gasteiger partial charge on any atom is 0.163 e. The van der Waals surface area contributed by atoms with Crippen LogP contribution in [0.1, 0.15) is 49.0 Å². The zero-order valence-electron chi connectivity index (χ0n) is 10.2. The van der Waals surface area contributed by atoms with Crippen LogP contribution in [-0.4, -0.2) is 5.78 Å². The third kappa shape index (κ3) is 3.75. The van der Waals surface area contributed by atoms with Crippen LogP contribution >= 0.6 is 15.9 Å². The first-order valence-electron chi connectivity index (χ1n) is 5.84. The monoisotopic (exact) mass is 282 g/mol. The fourth-order valence-electron chi connectivity index (χ4n) is 1.96. The molecule has 0 heterocycles. The third-order valence-corrected chi connectivity index (χ3v) is 3.30. The van der Waals surface area contributed by atoms with Crippen molar-refractivity contribution in [3.63, 3.8) is 0 Å². The number of Topliss-reactive ketones (excluding diaryl/α,β-unsaturated/α-hetero) is 1. The van der Waals surface area contributed by atoms with E-state index in [4.69, 9.17) is 0 Å². The standard InChI is InChI=1S/C14H19BrO/c1-4-5-10(2)8-14(16)13-7-6-12(15)9-11(13)3/h6-7,9-10H,4-5,8H2,1-3H3. The minimum absolute atomic E-state index is 0.269. The predicted molar refractivity (Wildman–Crippen MR) is 71.9 cm³/mol. The summed E-state index contributed by atoms with van der Waals surface area (Å²) in [7, 11) is 0. The Balaban J connectivity index is 2.73. The second-order valence-electron chi connectivity index (χ2n) is 4.48. The molecule has 2 heteroatoms. The Kier molecular flexibility index (Phi) is 5.20. The van der Waals surface area contributed by atoms with Crippen LogP contribution in [0.3, 0.4) is 0 Å². The normalized spacial score (nSPS) is 12.5. The van der Waals surface area contributed by atoms with Crippen LogP contribution in [0.15, 0.2) is 22.7 Å². The smallest absolute Gasteiger partial charge is 0.163 e. The van der Waals surface area contributed by atoms with E-state index >= 15 is 0 Å². The van der Waals surface area contributed by atoms with Crippen molar-refractivity contribution < 1.29 is 4.79 Å². The van der Waals surface area contributed by atoms with Gasteiger partial charge in [-0.3, -0.25) is 4.79 Å². The first-order chi connectivity index (χ1) is 7.54. The summed E-state index contributed by atoms with van der Waals surface area (Å²) in [5, 5.41) is 0. The molecule has 1 aromatic rings. The fraction of sp³-hybridized carbons (Fsp3) is 0.500. The van der Waals surface area contributed by atoms with Crippen LogP contribution in [-0.2, 0) is 0 Å². The molecule has 0 bridgehead atoms. The predicted octanol–water partition coefficient (Wildman–Crippen LogP) is 4.77. The van der Waals surface area contributed by atoms with Crippen LogP contribution < -0.4 is 0 Å². The highest BCUT2D eigenvalue weighted by atomic mass is 79.9. The molecule has 1 aromatic carbocycles. The molecule has 0 aliphatic heterocycles. The summed E-state index contributed by atoms with van der Waals surface area (Å²) >= 11 is 3.41. The van der Waals surface area contributed by atoms with Gasteiger partial charge in [-0.15, -0.1) is 0 Å². The average Bonchev–Trinajstić information content (AvgIpc) is 2.17. The highest BCUT2D eigenvalue weighted by Crippen LogP contribution is 2.20. The molecular weight excluding hydrogens is 264 g/mol. The van der Waals surface area contributed by atoms with Crippen molar-refractivity contribution >= 4 is 21.7 Å². The van der Waals surface area contributed by atoms with Gasteiger partial charge in [0, 0.05) is 16.5 Å². The summed E-state index contributed by atoms with van der Waals surface area (Å²) in [6.45, 7) is 6.30. The zero-order chi connectivity index (χ0) is 12.1. The lowest BCUT2D eigenvalue weighted by atomic mass is 9.94. The highest BCUT2D eigenvalue weighted by molar-refractivity contribution is 9.10. The number of hydrogen-bond donors (Lipinski definition) is 0. The van der Waals surface area contributed by atoms with Gasteiger partial charge in [-0.25, -0.2) is 0 Å². The summed E-state index contributed by atoms with van der Waals surface area (Å²) in [6.07, 6.45) is 2.94. The number of carbonyl (C=O) groups is 1. The Labute approximate surface area is 106 Å². The van der Waals surface area contributed by atoms with Gasteiger partial charge in [0.05, 0.1) is 0 Å². The van der Waals surface area contributed by atoms with Gasteiger partial charge in [0.25, 0.3) is 0 Å². The van der Waals surface area contributed by atoms with E-state index in [1.54, 1.807) is 0 Å². The van der Waals surface area contributed by atoms with E-state index < -0.39 is 0 Å². The van der Waals surface area contributed by atoms with E-state index in [9.17, 15) is 4.79 Å². The van der Waals surface area contributed by atoms with Crippen molar-refractivity contribution in [1.82, 2.24) is 0 Å². The molecular formula is C14H19BrO. The number of halogens is 1. The molecule has 0 radical (unpaired) electrons. The van der Waals surface area contributed by atoms with Crippen molar-refractivity contribution in [2.45, 2.75) is 40.0 Å². The molecule has 88 valence electrons. The lowest BCUT2D eigenvalue weighted by molar-refractivity contribution is 0.0962. The molecule has 1 atom stereocenters. The Bertz CT molecular complexity index is 371. The van der Waals surface area contributed by atoms with Gasteiger partial charge >= 0.3 is 0 Å². The number of carbonyl (C=O) groups excluding carboxylic acids is 1. The van der Waals surface area contributed by atoms with Crippen LogP contribution in [0.4, 0.5) is 0 Å². The summed E-state index contributed by atoms with van der Waals surface area (Å²) in [5.41, 5.74) is 1.93. The van der Waals surface area contributed by atoms with E-state index in [-0.39, 0.29) is 5.78 Å². The molecule has 0 spiro atoms. The van der Waals surface area contributed by atoms with Crippen molar-refractivity contribution in [2.75, 3.05) is 0 Å². The van der Waals surface area contributed by atoms with Crippen molar-refractivity contribution in [1.29, 1.82) is 0 Å². The summed E-state index contributed by atoms with van der Waals surface area (Å²) < 4.78 is 1.03. The van der Waals surface area contributed by atoms with E-state index in [1.807, 2.05) is 25.1 Å². The van der Waals surface area contributed by atoms with Gasteiger partial charge in [0.1, 0.15) is 0 Å². The maximum atomic E-state index is 12.0. The highest BCUT2D eigenvalue weighted by Gasteiger charge is 2.12. The molecule has 0 aliphatic rings. The second kappa shape index (κ2) is 6.19. The molecule has 0 amide bonds. The van der Waals surface area contributed by atoms with Gasteiger partial charge in [-0.1, -0.05) is 48.7 Å². The number of hydrogen-bond acceptors (Lipinski definition) is 1. The van der Waals surface area contributed by atoms with Gasteiger partial charge in [0.15, 0.2) is 5.78 Å². The van der Waals surface area contributed by atoms with Crippen LogP contribution in [0.25, 0.3) is 0 Å². The summed E-state index contributed by atoms with van der Waals surface area (Å²) in [4.78, 5) is 12.0. The molecule has 1 nitrogen and oxygen atoms in total. The Hall–Kier alpha value is -0.630. The second-order valence-corrected chi connectivity index (χ2v) is 5.40. The van der Waals surface area contributed by atoms with Crippen LogP contribution in [0.2, 0.25) is 0 Å². The van der Waals surface area contributed by atoms with Gasteiger partial charge in [-0.2, -0.15) is 0 Å². The number of benzene rings is 1. The molecule has 0 aliphatic carbocycles. The Morgan fingerprint density at radius 1 is 1.44 bits per heavy atom. The van der Waals surface area contributed by atoms with Crippen molar-refractivity contribution in [3.05, 3.63) is 33.8 Å². The fourth-order valence-corrected chi connectivity index (χ4v) is 2.44. The first-order valence-corrected chi connectivity index (χ1v) is 6.63. The minimum atomic E-state index is 0.269. The molecule has 1 rings (SSSR count). The van der Waals surface area contributed by atoms with Gasteiger partial charge in [-0.05, 0) is 30.5 Å². The molecule has 0 aromatic heterocycles. The van der Waals surface area contributed by atoms with Crippen LogP contribution in [0.5, 0.6) is 0 Å². The zero-order valence-corrected chi connectivity index (χ0v) is 11.8. The Morgan fingerprint density at radius 2 is 2.12 bits per heavy atom. The minimum Gasteiger partial charge on any atom is -0.294 e. The SMILES string of the molecule is CCCC(C)CC(=O)c1ccc(Br)cc1C. The largest absolute Gasteiger partial charge is 0.294 e. The van der Waals surface area contributed by atoms with E-state index in [0.29, 0.717) is 12.3 Å². The lowest BCUT2D eigenvalue weighted by Gasteiger charge is -2.10. The summed E-state index contributed by atoms with van der Waals surface area (Å²) in [6, 6.07) is 5.85. The van der Waals surface area contributed by atoms with Crippen LogP contribution in [0, 0.1) is 12.8 Å². The third-order valence-electron chi connectivity index (χ3n) is 2.80. The molecule has 0 fully saturated rings. The number of ketones is 1. The quantitative estimate of drug-likeness (QED) is 0.711. The molecule has 1 unspecified atom stereocenters. The Morgan fingerprint density at radius 3 is 2.69 bits per heavy atom. The van der Waals surface area contributed by atoms with Crippen molar-refractivity contribution in [2.24, 2.45) is 5.92 Å². The topological polar surface area (TPSA) is 17.1 Å². The number of rotatable bonds is 5. The van der Waals surface area contributed by atoms with Crippen molar-refractivity contribution in [3.8, 4) is 0 Å². The van der Waals surface area contributed by atoms with E-state index in [1.165, 1.54) is 0 Å². The first kappa shape index (κ1) is 13.4. The average molecular weight is 283 g/mol. The molecule has 0 N–H and O–H groups in total. The lowest BCUT2D eigenvalue weighted by Crippen LogP contribution is -2.07. The van der Waals surface area contributed by atoms with Gasteiger partial charge in [0.2, 0.25) is 0 Å². The molecule has 16 heavy (non-hydrogen) atoms. The molecule has 0 saturated heterocycles. The van der Waals surface area contributed by atoms with E-state index in [0.717, 1.165) is 28.4 Å².